The number of anilines is 1. The second kappa shape index (κ2) is 8.02. The molecular formula is C27H23N3O3S. The summed E-state index contributed by atoms with van der Waals surface area (Å²) in [6, 6.07) is 24.7. The minimum Gasteiger partial charge on any atom is -0.319 e. The first kappa shape index (κ1) is 21.0. The summed E-state index contributed by atoms with van der Waals surface area (Å²) in [6.07, 6.45) is 1.23. The van der Waals surface area contributed by atoms with Crippen LogP contribution in [0.3, 0.4) is 0 Å². The fourth-order valence-electron chi connectivity index (χ4n) is 5.36. The van der Waals surface area contributed by atoms with Crippen molar-refractivity contribution in [2.24, 2.45) is 0 Å². The molecule has 4 amide bonds. The summed E-state index contributed by atoms with van der Waals surface area (Å²) in [4.78, 5) is 44.2. The van der Waals surface area contributed by atoms with Gasteiger partial charge in [0.25, 0.3) is 5.91 Å². The number of rotatable bonds is 3. The van der Waals surface area contributed by atoms with Crippen LogP contribution < -0.4 is 10.2 Å². The maximum Gasteiger partial charge on any atom is 0.325 e. The Morgan fingerprint density at radius 1 is 0.971 bits per heavy atom. The summed E-state index contributed by atoms with van der Waals surface area (Å²) in [7, 11) is 0. The second-order valence-corrected chi connectivity index (χ2v) is 9.91. The van der Waals surface area contributed by atoms with Gasteiger partial charge in [-0.3, -0.25) is 14.5 Å². The first-order chi connectivity index (χ1) is 16.6. The SMILES string of the molecule is O=C1N[C@]2(CCc3ccccc32)C(=O)N1CC(=O)N1c2ccccc2SC[C@@H]1c1ccccc1. The normalized spacial score (nSPS) is 23.1. The Bertz CT molecular complexity index is 1310. The lowest BCUT2D eigenvalue weighted by molar-refractivity contribution is -0.134. The zero-order valence-electron chi connectivity index (χ0n) is 18.4. The number of hydrogen-bond acceptors (Lipinski definition) is 4. The highest BCUT2D eigenvalue weighted by molar-refractivity contribution is 7.99. The number of benzene rings is 3. The largest absolute Gasteiger partial charge is 0.325 e. The van der Waals surface area contributed by atoms with Gasteiger partial charge in [-0.2, -0.15) is 0 Å². The molecule has 1 aliphatic carbocycles. The molecule has 1 saturated heterocycles. The fourth-order valence-corrected chi connectivity index (χ4v) is 6.53. The molecular weight excluding hydrogens is 446 g/mol. The molecule has 0 unspecified atom stereocenters. The minimum absolute atomic E-state index is 0.185. The second-order valence-electron chi connectivity index (χ2n) is 8.85. The quantitative estimate of drug-likeness (QED) is 0.582. The van der Waals surface area contributed by atoms with Crippen LogP contribution in [0.5, 0.6) is 0 Å². The maximum absolute atomic E-state index is 13.8. The van der Waals surface area contributed by atoms with Gasteiger partial charge in [0, 0.05) is 10.6 Å². The monoisotopic (exact) mass is 469 g/mol. The van der Waals surface area contributed by atoms with Crippen LogP contribution in [-0.2, 0) is 21.5 Å². The Kier molecular flexibility index (Phi) is 4.95. The summed E-state index contributed by atoms with van der Waals surface area (Å²) in [5.74, 6) is 0.0877. The first-order valence-electron chi connectivity index (χ1n) is 11.4. The molecule has 6 nitrogen and oxygen atoms in total. The number of imide groups is 1. The molecule has 2 atom stereocenters. The summed E-state index contributed by atoms with van der Waals surface area (Å²) >= 11 is 1.71. The number of fused-ring (bicyclic) bond motifs is 3. The lowest BCUT2D eigenvalue weighted by atomic mass is 9.92. The van der Waals surface area contributed by atoms with Crippen LogP contribution in [0.15, 0.2) is 83.8 Å². The van der Waals surface area contributed by atoms with Crippen molar-refractivity contribution in [3.05, 3.63) is 95.6 Å². The number of nitrogens with zero attached hydrogens (tertiary/aromatic N) is 2. The van der Waals surface area contributed by atoms with E-state index in [-0.39, 0.29) is 24.4 Å². The Hall–Kier alpha value is -3.58. The minimum atomic E-state index is -1.07. The van der Waals surface area contributed by atoms with Crippen molar-refractivity contribution in [2.45, 2.75) is 29.3 Å². The number of aryl methyl sites for hydroxylation is 1. The third-order valence-electron chi connectivity index (χ3n) is 7.00. The van der Waals surface area contributed by atoms with E-state index in [1.165, 1.54) is 0 Å². The highest BCUT2D eigenvalue weighted by Gasteiger charge is 2.55. The summed E-state index contributed by atoms with van der Waals surface area (Å²) in [6.45, 7) is -0.295. The predicted molar refractivity (Wildman–Crippen MR) is 131 cm³/mol. The van der Waals surface area contributed by atoms with E-state index in [4.69, 9.17) is 0 Å². The number of carbonyl (C=O) groups excluding carboxylic acids is 3. The molecule has 0 saturated carbocycles. The number of para-hydroxylation sites is 1. The highest BCUT2D eigenvalue weighted by atomic mass is 32.2. The van der Waals surface area contributed by atoms with Crippen LogP contribution in [0.2, 0.25) is 0 Å². The Labute approximate surface area is 201 Å². The zero-order chi connectivity index (χ0) is 23.3. The van der Waals surface area contributed by atoms with E-state index in [1.807, 2.05) is 78.9 Å². The third-order valence-corrected chi connectivity index (χ3v) is 8.14. The van der Waals surface area contributed by atoms with Gasteiger partial charge in [-0.1, -0.05) is 66.7 Å². The average molecular weight is 470 g/mol. The third kappa shape index (κ3) is 3.15. The summed E-state index contributed by atoms with van der Waals surface area (Å²) < 4.78 is 0. The number of nitrogens with one attached hydrogen (secondary N) is 1. The summed E-state index contributed by atoms with van der Waals surface area (Å²) in [5, 5.41) is 2.92. The molecule has 3 aromatic rings. The smallest absolute Gasteiger partial charge is 0.319 e. The van der Waals surface area contributed by atoms with Crippen LogP contribution in [-0.4, -0.2) is 35.0 Å². The van der Waals surface area contributed by atoms with Gasteiger partial charge in [0.05, 0.1) is 11.7 Å². The lowest BCUT2D eigenvalue weighted by Gasteiger charge is -2.37. The van der Waals surface area contributed by atoms with E-state index in [0.29, 0.717) is 12.2 Å². The number of urea groups is 1. The van der Waals surface area contributed by atoms with E-state index in [0.717, 1.165) is 38.6 Å². The first-order valence-corrected chi connectivity index (χ1v) is 12.4. The van der Waals surface area contributed by atoms with E-state index >= 15 is 0 Å². The molecule has 6 rings (SSSR count). The number of hydrogen-bond donors (Lipinski definition) is 1. The van der Waals surface area contributed by atoms with E-state index < -0.39 is 11.6 Å². The fraction of sp³-hybridized carbons (Fsp3) is 0.222. The van der Waals surface area contributed by atoms with Crippen LogP contribution in [0.1, 0.15) is 29.2 Å². The van der Waals surface area contributed by atoms with Gasteiger partial charge in [0.15, 0.2) is 0 Å². The van der Waals surface area contributed by atoms with Gasteiger partial charge in [0.1, 0.15) is 12.1 Å². The molecule has 3 aliphatic rings. The molecule has 34 heavy (non-hydrogen) atoms. The topological polar surface area (TPSA) is 69.7 Å². The number of amides is 4. The van der Waals surface area contributed by atoms with Crippen LogP contribution in [0, 0.1) is 0 Å². The van der Waals surface area contributed by atoms with Crippen molar-refractivity contribution in [2.75, 3.05) is 17.2 Å². The average Bonchev–Trinajstić information content (AvgIpc) is 3.36. The van der Waals surface area contributed by atoms with Gasteiger partial charge in [-0.15, -0.1) is 11.8 Å². The van der Waals surface area contributed by atoms with Crippen molar-refractivity contribution >= 4 is 35.3 Å². The molecule has 0 radical (unpaired) electrons. The van der Waals surface area contributed by atoms with Gasteiger partial charge in [0.2, 0.25) is 5.91 Å². The van der Waals surface area contributed by atoms with Gasteiger partial charge in [-0.05, 0) is 41.7 Å². The molecule has 7 heteroatoms. The van der Waals surface area contributed by atoms with Crippen LogP contribution >= 0.6 is 11.8 Å². The van der Waals surface area contributed by atoms with Crippen molar-refractivity contribution in [3.63, 3.8) is 0 Å². The molecule has 1 N–H and O–H groups in total. The van der Waals surface area contributed by atoms with E-state index in [2.05, 4.69) is 5.32 Å². The predicted octanol–water partition coefficient (Wildman–Crippen LogP) is 4.26. The van der Waals surface area contributed by atoms with Crippen molar-refractivity contribution in [1.82, 2.24) is 10.2 Å². The van der Waals surface area contributed by atoms with E-state index in [1.54, 1.807) is 16.7 Å². The molecule has 3 aromatic carbocycles. The number of thioether (sulfide) groups is 1. The van der Waals surface area contributed by atoms with E-state index in [9.17, 15) is 14.4 Å². The summed E-state index contributed by atoms with van der Waals surface area (Å²) in [5.41, 5.74) is 2.67. The standard InChI is InChI=1S/C27H23N3O3S/c31-24(16-29-25(32)27(28-26(29)33)15-14-18-8-4-5-11-20(18)27)30-21-12-6-7-13-23(21)34-17-22(30)19-9-2-1-3-10-19/h1-13,22H,14-17H2,(H,28,33)/t22-,27+/m1/s1. The van der Waals surface area contributed by atoms with Crippen molar-refractivity contribution < 1.29 is 14.4 Å². The van der Waals surface area contributed by atoms with Gasteiger partial charge in [-0.25, -0.2) is 4.79 Å². The number of carbonyl (C=O) groups is 3. The molecule has 1 fully saturated rings. The maximum atomic E-state index is 13.8. The Morgan fingerprint density at radius 2 is 1.71 bits per heavy atom. The van der Waals surface area contributed by atoms with Crippen LogP contribution in [0.25, 0.3) is 0 Å². The highest BCUT2D eigenvalue weighted by Crippen LogP contribution is 2.44. The lowest BCUT2D eigenvalue weighted by Crippen LogP contribution is -2.47. The molecule has 2 heterocycles. The van der Waals surface area contributed by atoms with Gasteiger partial charge >= 0.3 is 6.03 Å². The van der Waals surface area contributed by atoms with Crippen molar-refractivity contribution in [1.29, 1.82) is 0 Å². The molecule has 1 spiro atoms. The Balaban J connectivity index is 1.33. The van der Waals surface area contributed by atoms with Crippen molar-refractivity contribution in [3.8, 4) is 0 Å². The van der Waals surface area contributed by atoms with Gasteiger partial charge < -0.3 is 10.2 Å². The zero-order valence-corrected chi connectivity index (χ0v) is 19.3. The Morgan fingerprint density at radius 3 is 2.56 bits per heavy atom. The van der Waals surface area contributed by atoms with Crippen LogP contribution in [0.4, 0.5) is 10.5 Å². The molecule has 2 aliphatic heterocycles. The molecule has 0 bridgehead atoms. The molecule has 170 valence electrons. The molecule has 0 aromatic heterocycles.